The van der Waals surface area contributed by atoms with Gasteiger partial charge in [-0.15, -0.1) is 0 Å². The van der Waals surface area contributed by atoms with Crippen molar-refractivity contribution in [3.05, 3.63) is 132 Å². The first-order valence-electron chi connectivity index (χ1n) is 15.3. The lowest BCUT2D eigenvalue weighted by Crippen LogP contribution is -2.35. The number of hydrogen-bond acceptors (Lipinski definition) is 8. The Morgan fingerprint density at radius 3 is 2.32 bits per heavy atom. The molecule has 0 atom stereocenters. The summed E-state index contributed by atoms with van der Waals surface area (Å²) < 4.78 is 42.5. The number of anilines is 1. The molecule has 0 aliphatic carbocycles. The number of benzene rings is 4. The van der Waals surface area contributed by atoms with Crippen LogP contribution in [-0.4, -0.2) is 59.2 Å². The zero-order valence-corrected chi connectivity index (χ0v) is 26.6. The molecular formula is C36H33N5O5S. The maximum Gasteiger partial charge on any atom is 0.268 e. The predicted octanol–water partition coefficient (Wildman–Crippen LogP) is 5.81. The lowest BCUT2D eigenvalue weighted by Gasteiger charge is -2.26. The Kier molecular flexibility index (Phi) is 8.10. The normalized spacial score (nSPS) is 14.0. The summed E-state index contributed by atoms with van der Waals surface area (Å²) in [6, 6.07) is 30.4. The minimum atomic E-state index is -4.18. The molecule has 0 amide bonds. The van der Waals surface area contributed by atoms with Gasteiger partial charge in [-0.25, -0.2) is 17.1 Å². The van der Waals surface area contributed by atoms with Gasteiger partial charge in [0.05, 0.1) is 41.1 Å². The average Bonchev–Trinajstić information content (AvgIpc) is 3.67. The minimum absolute atomic E-state index is 0.0260. The molecule has 6 aromatic rings. The summed E-state index contributed by atoms with van der Waals surface area (Å²) in [7, 11) is -4.18. The van der Waals surface area contributed by atoms with Crippen LogP contribution < -0.4 is 10.5 Å². The molecule has 1 aliphatic rings. The van der Waals surface area contributed by atoms with Crippen LogP contribution in [0, 0.1) is 6.92 Å². The fourth-order valence-electron chi connectivity index (χ4n) is 5.73. The van der Waals surface area contributed by atoms with E-state index in [1.807, 2.05) is 55.5 Å². The van der Waals surface area contributed by atoms with Crippen molar-refractivity contribution in [2.24, 2.45) is 0 Å². The van der Waals surface area contributed by atoms with Gasteiger partial charge < -0.3 is 15.2 Å². The molecule has 0 bridgehead atoms. The van der Waals surface area contributed by atoms with Gasteiger partial charge in [0.2, 0.25) is 5.78 Å². The number of ketones is 1. The first-order chi connectivity index (χ1) is 22.8. The van der Waals surface area contributed by atoms with E-state index in [0.29, 0.717) is 47.8 Å². The van der Waals surface area contributed by atoms with E-state index in [2.05, 4.69) is 10.00 Å². The van der Waals surface area contributed by atoms with Gasteiger partial charge in [-0.05, 0) is 73.2 Å². The van der Waals surface area contributed by atoms with Crippen molar-refractivity contribution in [3.8, 4) is 17.2 Å². The van der Waals surface area contributed by atoms with Crippen LogP contribution in [0.15, 0.2) is 114 Å². The van der Waals surface area contributed by atoms with E-state index in [9.17, 15) is 13.2 Å². The van der Waals surface area contributed by atoms with Gasteiger partial charge in [-0.1, -0.05) is 48.0 Å². The van der Waals surface area contributed by atoms with Crippen LogP contribution in [0.1, 0.15) is 27.2 Å². The standard InChI is InChI=1S/C36H33N5O5S/c1-25-7-15-31(16-8-25)47(43,44)41-33-21-26(24-39-17-19-45-20-18-39)9-10-27(33)22-34(41)35(42)32-23-38-40(36(32)37)28-11-13-30(14-12-28)46-29-5-3-2-4-6-29/h2-16,21-23H,17-20,24,37H2,1H3. The number of carbonyl (C=O) groups excluding carboxylic acids is 1. The number of fused-ring (bicyclic) bond motifs is 1. The van der Waals surface area contributed by atoms with Crippen LogP contribution in [0.2, 0.25) is 0 Å². The third-order valence-corrected chi connectivity index (χ3v) is 9.98. The molecule has 1 saturated heterocycles. The topological polar surface area (TPSA) is 122 Å². The molecule has 0 unspecified atom stereocenters. The number of rotatable bonds is 9. The molecule has 4 aromatic carbocycles. The van der Waals surface area contributed by atoms with Gasteiger partial charge in [0.25, 0.3) is 10.0 Å². The molecule has 0 spiro atoms. The number of nitrogen functional groups attached to an aromatic ring is 1. The van der Waals surface area contributed by atoms with E-state index >= 15 is 0 Å². The van der Waals surface area contributed by atoms with Gasteiger partial charge in [0.1, 0.15) is 23.0 Å². The number of para-hydroxylation sites is 1. The van der Waals surface area contributed by atoms with E-state index < -0.39 is 15.8 Å². The molecule has 238 valence electrons. The van der Waals surface area contributed by atoms with Gasteiger partial charge in [-0.3, -0.25) is 9.69 Å². The summed E-state index contributed by atoms with van der Waals surface area (Å²) in [4.78, 5) is 16.6. The Bertz CT molecular complexity index is 2170. The van der Waals surface area contributed by atoms with Crippen molar-refractivity contribution >= 4 is 32.5 Å². The highest BCUT2D eigenvalue weighted by Crippen LogP contribution is 2.31. The lowest BCUT2D eigenvalue weighted by molar-refractivity contribution is 0.0342. The van der Waals surface area contributed by atoms with Crippen molar-refractivity contribution in [1.29, 1.82) is 0 Å². The highest BCUT2D eigenvalue weighted by Gasteiger charge is 2.29. The zero-order chi connectivity index (χ0) is 32.5. The maximum absolute atomic E-state index is 14.3. The fraction of sp³-hybridized carbons (Fsp3) is 0.167. The van der Waals surface area contributed by atoms with Crippen molar-refractivity contribution in [1.82, 2.24) is 18.7 Å². The zero-order valence-electron chi connectivity index (χ0n) is 25.7. The van der Waals surface area contributed by atoms with Crippen LogP contribution in [0.3, 0.4) is 0 Å². The van der Waals surface area contributed by atoms with Crippen molar-refractivity contribution in [2.75, 3.05) is 32.0 Å². The highest BCUT2D eigenvalue weighted by atomic mass is 32.2. The summed E-state index contributed by atoms with van der Waals surface area (Å²) in [6.07, 6.45) is 1.37. The van der Waals surface area contributed by atoms with Gasteiger partial charge in [-0.2, -0.15) is 5.10 Å². The van der Waals surface area contributed by atoms with Gasteiger partial charge in [0, 0.05) is 25.0 Å². The summed E-state index contributed by atoms with van der Waals surface area (Å²) in [6.45, 7) is 5.40. The molecular weight excluding hydrogens is 614 g/mol. The average molecular weight is 648 g/mol. The molecule has 10 nitrogen and oxygen atoms in total. The SMILES string of the molecule is Cc1ccc(S(=O)(=O)n2c(C(=O)c3cnn(-c4ccc(Oc5ccccc5)cc4)c3N)cc3ccc(CN4CCOCC4)cc32)cc1. The molecule has 11 heteroatoms. The quantitative estimate of drug-likeness (QED) is 0.195. The molecule has 0 radical (unpaired) electrons. The van der Waals surface area contributed by atoms with Crippen LogP contribution in [0.5, 0.6) is 11.5 Å². The third kappa shape index (κ3) is 6.03. The number of ether oxygens (including phenoxy) is 2. The molecule has 1 aliphatic heterocycles. The number of aryl methyl sites for hydroxylation is 1. The Morgan fingerprint density at radius 1 is 0.894 bits per heavy atom. The second-order valence-corrected chi connectivity index (χ2v) is 13.3. The Labute approximate surface area is 272 Å². The second kappa shape index (κ2) is 12.5. The van der Waals surface area contributed by atoms with Crippen LogP contribution in [0.25, 0.3) is 16.6 Å². The van der Waals surface area contributed by atoms with Crippen molar-refractivity contribution in [2.45, 2.75) is 18.4 Å². The van der Waals surface area contributed by atoms with E-state index in [-0.39, 0.29) is 22.0 Å². The fourth-order valence-corrected chi connectivity index (χ4v) is 7.23. The number of nitrogens with zero attached hydrogens (tertiary/aromatic N) is 4. The lowest BCUT2D eigenvalue weighted by atomic mass is 10.1. The van der Waals surface area contributed by atoms with Crippen LogP contribution in [-0.2, 0) is 21.3 Å². The number of aromatic nitrogens is 3. The minimum Gasteiger partial charge on any atom is -0.457 e. The first kappa shape index (κ1) is 30.4. The van der Waals surface area contributed by atoms with Gasteiger partial charge in [0.15, 0.2) is 0 Å². The van der Waals surface area contributed by atoms with Crippen molar-refractivity contribution in [3.63, 3.8) is 0 Å². The van der Waals surface area contributed by atoms with E-state index in [4.69, 9.17) is 15.2 Å². The molecule has 2 N–H and O–H groups in total. The summed E-state index contributed by atoms with van der Waals surface area (Å²) in [5.74, 6) is 0.861. The molecule has 47 heavy (non-hydrogen) atoms. The molecule has 2 aromatic heterocycles. The smallest absolute Gasteiger partial charge is 0.268 e. The van der Waals surface area contributed by atoms with E-state index in [1.54, 1.807) is 54.6 Å². The molecule has 1 fully saturated rings. The summed E-state index contributed by atoms with van der Waals surface area (Å²) >= 11 is 0. The predicted molar refractivity (Wildman–Crippen MR) is 180 cm³/mol. The van der Waals surface area contributed by atoms with Crippen LogP contribution in [0.4, 0.5) is 5.82 Å². The number of morpholine rings is 1. The summed E-state index contributed by atoms with van der Waals surface area (Å²) in [5, 5.41) is 5.01. The molecule has 7 rings (SSSR count). The largest absolute Gasteiger partial charge is 0.457 e. The van der Waals surface area contributed by atoms with Crippen molar-refractivity contribution < 1.29 is 22.7 Å². The maximum atomic E-state index is 14.3. The molecule has 3 heterocycles. The summed E-state index contributed by atoms with van der Waals surface area (Å²) in [5.41, 5.74) is 9.47. The Hall–Kier alpha value is -5.23. The van der Waals surface area contributed by atoms with E-state index in [0.717, 1.165) is 28.2 Å². The first-order valence-corrected chi connectivity index (χ1v) is 16.7. The highest BCUT2D eigenvalue weighted by molar-refractivity contribution is 7.90. The number of nitrogens with two attached hydrogens (primary N) is 1. The monoisotopic (exact) mass is 647 g/mol. The number of hydrogen-bond donors (Lipinski definition) is 1. The third-order valence-electron chi connectivity index (χ3n) is 8.24. The van der Waals surface area contributed by atoms with Gasteiger partial charge >= 0.3 is 0 Å². The number of carbonyl (C=O) groups is 1. The molecule has 0 saturated carbocycles. The Morgan fingerprint density at radius 2 is 1.60 bits per heavy atom. The second-order valence-electron chi connectivity index (χ2n) is 11.5. The Balaban J connectivity index is 1.27. The van der Waals surface area contributed by atoms with E-state index in [1.165, 1.54) is 10.9 Å². The van der Waals surface area contributed by atoms with Crippen LogP contribution >= 0.6 is 0 Å².